The summed E-state index contributed by atoms with van der Waals surface area (Å²) < 4.78 is 37.0. The van der Waals surface area contributed by atoms with Crippen molar-refractivity contribution in [1.82, 2.24) is 0 Å². The van der Waals surface area contributed by atoms with Crippen molar-refractivity contribution in [3.8, 4) is 0 Å². The lowest BCUT2D eigenvalue weighted by Crippen LogP contribution is -2.31. The summed E-state index contributed by atoms with van der Waals surface area (Å²) in [4.78, 5) is 0. The van der Waals surface area contributed by atoms with Gasteiger partial charge in [-0.2, -0.15) is 0 Å². The Morgan fingerprint density at radius 2 is 2.07 bits per heavy atom. The van der Waals surface area contributed by atoms with Crippen molar-refractivity contribution in [1.29, 1.82) is 0 Å². The lowest BCUT2D eigenvalue weighted by Gasteiger charge is -2.24. The highest BCUT2D eigenvalue weighted by molar-refractivity contribution is 7.91. The van der Waals surface area contributed by atoms with E-state index in [-0.39, 0.29) is 17.4 Å². The van der Waals surface area contributed by atoms with Gasteiger partial charge in [0, 0.05) is 0 Å². The topological polar surface area (TPSA) is 34.1 Å². The normalized spacial score (nSPS) is 37.8. The molecule has 0 aromatic carbocycles. The first-order valence-corrected chi connectivity index (χ1v) is 7.12. The summed E-state index contributed by atoms with van der Waals surface area (Å²) in [6, 6.07) is 0. The molecule has 0 saturated carbocycles. The first kappa shape index (κ1) is 12.0. The number of alkyl halides is 1. The molecular formula is C10H19FO2S. The van der Waals surface area contributed by atoms with Crippen LogP contribution in [0.25, 0.3) is 0 Å². The van der Waals surface area contributed by atoms with Crippen LogP contribution < -0.4 is 0 Å². The number of rotatable bonds is 2. The van der Waals surface area contributed by atoms with E-state index in [1.807, 2.05) is 6.92 Å². The van der Waals surface area contributed by atoms with Crippen LogP contribution in [0.1, 0.15) is 39.5 Å². The van der Waals surface area contributed by atoms with Gasteiger partial charge in [-0.05, 0) is 25.2 Å². The minimum absolute atomic E-state index is 0.164. The van der Waals surface area contributed by atoms with Crippen molar-refractivity contribution >= 4 is 9.84 Å². The van der Waals surface area contributed by atoms with E-state index in [4.69, 9.17) is 0 Å². The van der Waals surface area contributed by atoms with Crippen molar-refractivity contribution < 1.29 is 12.8 Å². The summed E-state index contributed by atoms with van der Waals surface area (Å²) in [6.45, 7) is 3.73. The van der Waals surface area contributed by atoms with E-state index in [0.717, 1.165) is 6.42 Å². The van der Waals surface area contributed by atoms with E-state index in [1.165, 1.54) is 0 Å². The smallest absolute Gasteiger partial charge is 0.153 e. The first-order valence-electron chi connectivity index (χ1n) is 5.30. The molecule has 0 aromatic heterocycles. The summed E-state index contributed by atoms with van der Waals surface area (Å²) in [5.41, 5.74) is -1.48. The van der Waals surface area contributed by atoms with Crippen LogP contribution in [-0.2, 0) is 9.84 Å². The number of hydrogen-bond acceptors (Lipinski definition) is 2. The Labute approximate surface area is 85.8 Å². The molecule has 1 saturated heterocycles. The molecular weight excluding hydrogens is 203 g/mol. The fraction of sp³-hybridized carbons (Fsp3) is 1.00. The van der Waals surface area contributed by atoms with Gasteiger partial charge in [-0.15, -0.1) is 0 Å². The summed E-state index contributed by atoms with van der Waals surface area (Å²) in [6.07, 6.45) is 2.23. The molecule has 0 spiro atoms. The molecule has 0 radical (unpaired) electrons. The van der Waals surface area contributed by atoms with Crippen LogP contribution in [0.15, 0.2) is 0 Å². The first-order chi connectivity index (χ1) is 6.41. The van der Waals surface area contributed by atoms with Crippen LogP contribution in [0.5, 0.6) is 0 Å². The zero-order valence-electron chi connectivity index (χ0n) is 8.92. The van der Waals surface area contributed by atoms with E-state index in [0.29, 0.717) is 19.3 Å². The van der Waals surface area contributed by atoms with Crippen LogP contribution in [0, 0.1) is 5.92 Å². The number of halogens is 1. The third-order valence-electron chi connectivity index (χ3n) is 3.18. The molecule has 0 aromatic rings. The number of sulfone groups is 1. The minimum atomic E-state index is -3.16. The van der Waals surface area contributed by atoms with Gasteiger partial charge in [-0.25, -0.2) is 12.8 Å². The van der Waals surface area contributed by atoms with Crippen molar-refractivity contribution in [3.05, 3.63) is 0 Å². The monoisotopic (exact) mass is 222 g/mol. The Hall–Kier alpha value is -0.120. The third-order valence-corrected chi connectivity index (χ3v) is 5.00. The van der Waals surface area contributed by atoms with Gasteiger partial charge in [-0.1, -0.05) is 20.3 Å². The Bertz CT molecular complexity index is 286. The van der Waals surface area contributed by atoms with E-state index >= 15 is 0 Å². The standard InChI is InChI=1S/C10H19FO2S/c1-3-9-5-6-14(12,13)8-10(11,4-2)7-9/h9H,3-8H2,1-2H3. The molecule has 4 heteroatoms. The fourth-order valence-corrected chi connectivity index (χ4v) is 4.03. The molecule has 1 rings (SSSR count). The zero-order chi connectivity index (χ0) is 10.8. The molecule has 1 aliphatic rings. The quantitative estimate of drug-likeness (QED) is 0.718. The van der Waals surface area contributed by atoms with Gasteiger partial charge in [0.2, 0.25) is 0 Å². The summed E-state index contributed by atoms with van der Waals surface area (Å²) >= 11 is 0. The lowest BCUT2D eigenvalue weighted by molar-refractivity contribution is 0.144. The fourth-order valence-electron chi connectivity index (χ4n) is 2.09. The Morgan fingerprint density at radius 3 is 2.57 bits per heavy atom. The highest BCUT2D eigenvalue weighted by Gasteiger charge is 2.38. The van der Waals surface area contributed by atoms with E-state index in [9.17, 15) is 12.8 Å². The average Bonchev–Trinajstić information content (AvgIpc) is 2.22. The Balaban J connectivity index is 2.86. The largest absolute Gasteiger partial charge is 0.243 e. The molecule has 1 fully saturated rings. The average molecular weight is 222 g/mol. The van der Waals surface area contributed by atoms with Crippen LogP contribution >= 0.6 is 0 Å². The minimum Gasteiger partial charge on any atom is -0.243 e. The second-order valence-electron chi connectivity index (χ2n) is 4.36. The van der Waals surface area contributed by atoms with Crippen LogP contribution in [0.2, 0.25) is 0 Å². The van der Waals surface area contributed by atoms with Crippen molar-refractivity contribution in [3.63, 3.8) is 0 Å². The Morgan fingerprint density at radius 1 is 1.43 bits per heavy atom. The van der Waals surface area contributed by atoms with Gasteiger partial charge in [-0.3, -0.25) is 0 Å². The van der Waals surface area contributed by atoms with Crippen molar-refractivity contribution in [2.75, 3.05) is 11.5 Å². The van der Waals surface area contributed by atoms with Gasteiger partial charge < -0.3 is 0 Å². The van der Waals surface area contributed by atoms with Gasteiger partial charge in [0.1, 0.15) is 5.67 Å². The summed E-state index contributed by atoms with van der Waals surface area (Å²) in [7, 11) is -3.16. The van der Waals surface area contributed by atoms with Crippen LogP contribution in [0.4, 0.5) is 4.39 Å². The van der Waals surface area contributed by atoms with Crippen molar-refractivity contribution in [2.24, 2.45) is 5.92 Å². The summed E-state index contributed by atoms with van der Waals surface area (Å²) in [5, 5.41) is 0. The third kappa shape index (κ3) is 2.94. The molecule has 2 atom stereocenters. The molecule has 14 heavy (non-hydrogen) atoms. The maximum Gasteiger partial charge on any atom is 0.153 e. The number of hydrogen-bond donors (Lipinski definition) is 0. The predicted molar refractivity (Wildman–Crippen MR) is 55.8 cm³/mol. The molecule has 2 nitrogen and oxygen atoms in total. The summed E-state index contributed by atoms with van der Waals surface area (Å²) in [5.74, 6) is 0.127. The SMILES string of the molecule is CCC1CCS(=O)(=O)CC(F)(CC)C1. The van der Waals surface area contributed by atoms with Gasteiger partial charge in [0.25, 0.3) is 0 Å². The Kier molecular flexibility index (Phi) is 3.56. The molecule has 2 unspecified atom stereocenters. The van der Waals surface area contributed by atoms with E-state index in [1.54, 1.807) is 6.92 Å². The van der Waals surface area contributed by atoms with Crippen molar-refractivity contribution in [2.45, 2.75) is 45.2 Å². The zero-order valence-corrected chi connectivity index (χ0v) is 9.74. The molecule has 0 aliphatic carbocycles. The maximum atomic E-state index is 14.1. The van der Waals surface area contributed by atoms with E-state index in [2.05, 4.69) is 0 Å². The van der Waals surface area contributed by atoms with E-state index < -0.39 is 15.5 Å². The highest BCUT2D eigenvalue weighted by atomic mass is 32.2. The van der Waals surface area contributed by atoms with Crippen LogP contribution in [0.3, 0.4) is 0 Å². The molecule has 0 amide bonds. The van der Waals surface area contributed by atoms with Gasteiger partial charge >= 0.3 is 0 Å². The van der Waals surface area contributed by atoms with Gasteiger partial charge in [0.05, 0.1) is 11.5 Å². The predicted octanol–water partition coefficient (Wildman–Crippen LogP) is 2.34. The molecule has 1 heterocycles. The van der Waals surface area contributed by atoms with Gasteiger partial charge in [0.15, 0.2) is 9.84 Å². The maximum absolute atomic E-state index is 14.1. The molecule has 1 aliphatic heterocycles. The molecule has 0 bridgehead atoms. The molecule has 0 N–H and O–H groups in total. The lowest BCUT2D eigenvalue weighted by atomic mass is 9.88. The second kappa shape index (κ2) is 4.17. The second-order valence-corrected chi connectivity index (χ2v) is 6.55. The highest BCUT2D eigenvalue weighted by Crippen LogP contribution is 2.33. The molecule has 84 valence electrons. The van der Waals surface area contributed by atoms with Crippen LogP contribution in [-0.4, -0.2) is 25.6 Å².